The summed E-state index contributed by atoms with van der Waals surface area (Å²) in [5.74, 6) is -0.385. The third-order valence-electron chi connectivity index (χ3n) is 3.39. The van der Waals surface area contributed by atoms with Gasteiger partial charge in [0.1, 0.15) is 5.82 Å². The van der Waals surface area contributed by atoms with Crippen LogP contribution in [0.5, 0.6) is 0 Å². The van der Waals surface area contributed by atoms with E-state index in [0.29, 0.717) is 12.1 Å². The zero-order chi connectivity index (χ0) is 16.5. The van der Waals surface area contributed by atoms with E-state index in [1.54, 1.807) is 13.8 Å². The van der Waals surface area contributed by atoms with E-state index in [4.69, 9.17) is 5.73 Å². The number of anilines is 1. The summed E-state index contributed by atoms with van der Waals surface area (Å²) in [5, 5.41) is 0. The second-order valence-corrected chi connectivity index (χ2v) is 7.93. The molecule has 120 valence electrons. The summed E-state index contributed by atoms with van der Waals surface area (Å²) >= 11 is 0. The molecular formula is C15H25FN2O2S. The van der Waals surface area contributed by atoms with E-state index in [9.17, 15) is 12.8 Å². The molecule has 0 amide bonds. The third kappa shape index (κ3) is 3.55. The Morgan fingerprint density at radius 3 is 2.19 bits per heavy atom. The maximum atomic E-state index is 13.6. The van der Waals surface area contributed by atoms with Crippen LogP contribution in [-0.4, -0.2) is 25.3 Å². The SMILES string of the molecule is Cc1cc(F)c(N)c(C)c1S(=O)(=O)N(CC(C)C)C(C)C. The minimum Gasteiger partial charge on any atom is -0.396 e. The molecule has 1 rings (SSSR count). The molecule has 21 heavy (non-hydrogen) atoms. The topological polar surface area (TPSA) is 63.4 Å². The largest absolute Gasteiger partial charge is 0.396 e. The fourth-order valence-corrected chi connectivity index (χ4v) is 4.64. The van der Waals surface area contributed by atoms with Gasteiger partial charge >= 0.3 is 0 Å². The van der Waals surface area contributed by atoms with Gasteiger partial charge in [-0.05, 0) is 50.8 Å². The van der Waals surface area contributed by atoms with Gasteiger partial charge in [-0.15, -0.1) is 0 Å². The number of rotatable bonds is 5. The highest BCUT2D eigenvalue weighted by Crippen LogP contribution is 2.31. The zero-order valence-electron chi connectivity index (χ0n) is 13.6. The lowest BCUT2D eigenvalue weighted by Gasteiger charge is -2.29. The van der Waals surface area contributed by atoms with Gasteiger partial charge in [-0.1, -0.05) is 13.8 Å². The Hall–Kier alpha value is -1.14. The molecule has 0 aliphatic rings. The molecule has 2 N–H and O–H groups in total. The first-order chi connectivity index (χ1) is 9.50. The molecule has 0 aliphatic carbocycles. The van der Waals surface area contributed by atoms with Gasteiger partial charge in [0.25, 0.3) is 0 Å². The van der Waals surface area contributed by atoms with Crippen molar-refractivity contribution in [3.05, 3.63) is 23.0 Å². The van der Waals surface area contributed by atoms with Crippen LogP contribution in [0.25, 0.3) is 0 Å². The lowest BCUT2D eigenvalue weighted by atomic mass is 10.1. The molecule has 0 aromatic heterocycles. The van der Waals surface area contributed by atoms with Crippen LogP contribution in [-0.2, 0) is 10.0 Å². The summed E-state index contributed by atoms with van der Waals surface area (Å²) in [4.78, 5) is 0.121. The highest BCUT2D eigenvalue weighted by atomic mass is 32.2. The molecule has 0 fully saturated rings. The number of benzene rings is 1. The fourth-order valence-electron chi connectivity index (χ4n) is 2.39. The van der Waals surface area contributed by atoms with Crippen LogP contribution in [0.15, 0.2) is 11.0 Å². The van der Waals surface area contributed by atoms with E-state index >= 15 is 0 Å². The molecule has 0 spiro atoms. The van der Waals surface area contributed by atoms with E-state index in [0.717, 1.165) is 0 Å². The average molecular weight is 316 g/mol. The van der Waals surface area contributed by atoms with Gasteiger partial charge in [0.15, 0.2) is 0 Å². The number of hydrogen-bond acceptors (Lipinski definition) is 3. The minimum atomic E-state index is -3.71. The molecule has 0 radical (unpaired) electrons. The number of nitrogen functional groups attached to an aromatic ring is 1. The van der Waals surface area contributed by atoms with Gasteiger partial charge < -0.3 is 5.73 Å². The van der Waals surface area contributed by atoms with E-state index in [2.05, 4.69) is 0 Å². The third-order valence-corrected chi connectivity index (χ3v) is 5.72. The number of halogens is 1. The van der Waals surface area contributed by atoms with Gasteiger partial charge in [0.2, 0.25) is 10.0 Å². The minimum absolute atomic E-state index is 0.104. The molecule has 0 saturated carbocycles. The fraction of sp³-hybridized carbons (Fsp3) is 0.600. The van der Waals surface area contributed by atoms with Gasteiger partial charge in [-0.25, -0.2) is 12.8 Å². The monoisotopic (exact) mass is 316 g/mol. The highest BCUT2D eigenvalue weighted by Gasteiger charge is 2.31. The Bertz CT molecular complexity index is 625. The quantitative estimate of drug-likeness (QED) is 0.849. The first-order valence-electron chi connectivity index (χ1n) is 7.07. The summed E-state index contributed by atoms with van der Waals surface area (Å²) in [7, 11) is -3.71. The maximum absolute atomic E-state index is 13.6. The number of sulfonamides is 1. The molecule has 0 bridgehead atoms. The Balaban J connectivity index is 3.53. The molecule has 1 aromatic carbocycles. The molecule has 0 atom stereocenters. The number of hydrogen-bond donors (Lipinski definition) is 1. The summed E-state index contributed by atoms with van der Waals surface area (Å²) in [5.41, 5.74) is 6.23. The van der Waals surface area contributed by atoms with Crippen molar-refractivity contribution in [3.63, 3.8) is 0 Å². The Morgan fingerprint density at radius 1 is 1.24 bits per heavy atom. The Kier molecular flexibility index (Phi) is 5.39. The first kappa shape index (κ1) is 17.9. The van der Waals surface area contributed by atoms with E-state index in [1.807, 2.05) is 27.7 Å². The molecule has 1 aromatic rings. The molecular weight excluding hydrogens is 291 g/mol. The number of aryl methyl sites for hydroxylation is 1. The van der Waals surface area contributed by atoms with Crippen molar-refractivity contribution in [2.75, 3.05) is 12.3 Å². The predicted octanol–water partition coefficient (Wildman–Crippen LogP) is 3.08. The maximum Gasteiger partial charge on any atom is 0.243 e. The average Bonchev–Trinajstić information content (AvgIpc) is 2.32. The normalized spacial score (nSPS) is 12.7. The van der Waals surface area contributed by atoms with Gasteiger partial charge in [0.05, 0.1) is 10.6 Å². The van der Waals surface area contributed by atoms with E-state index in [1.165, 1.54) is 10.4 Å². The van der Waals surface area contributed by atoms with Crippen LogP contribution in [0, 0.1) is 25.6 Å². The lowest BCUT2D eigenvalue weighted by Crippen LogP contribution is -2.40. The standard InChI is InChI=1S/C15H25FN2O2S/c1-9(2)8-18(10(3)4)21(19,20)15-11(5)7-13(16)14(17)12(15)6/h7,9-10H,8,17H2,1-6H3. The molecule has 6 heteroatoms. The van der Waals surface area contributed by atoms with Crippen molar-refractivity contribution in [2.24, 2.45) is 5.92 Å². The van der Waals surface area contributed by atoms with Gasteiger partial charge in [-0.2, -0.15) is 4.31 Å². The molecule has 0 heterocycles. The van der Waals surface area contributed by atoms with Crippen LogP contribution in [0.3, 0.4) is 0 Å². The number of nitrogens with two attached hydrogens (primary N) is 1. The van der Waals surface area contributed by atoms with E-state index < -0.39 is 15.8 Å². The molecule has 4 nitrogen and oxygen atoms in total. The van der Waals surface area contributed by atoms with E-state index in [-0.39, 0.29) is 28.1 Å². The van der Waals surface area contributed by atoms with Crippen molar-refractivity contribution in [1.82, 2.24) is 4.31 Å². The van der Waals surface area contributed by atoms with Crippen LogP contribution in [0.1, 0.15) is 38.8 Å². The summed E-state index contributed by atoms with van der Waals surface area (Å²) in [6.07, 6.45) is 0. The summed E-state index contributed by atoms with van der Waals surface area (Å²) in [6.45, 7) is 11.1. The van der Waals surface area contributed by atoms with Crippen LogP contribution < -0.4 is 5.73 Å². The molecule has 0 aliphatic heterocycles. The van der Waals surface area contributed by atoms with Crippen molar-refractivity contribution >= 4 is 15.7 Å². The van der Waals surface area contributed by atoms with Crippen molar-refractivity contribution in [1.29, 1.82) is 0 Å². The Labute approximate surface area is 127 Å². The summed E-state index contributed by atoms with van der Waals surface area (Å²) in [6, 6.07) is 1.01. The number of nitrogens with zero attached hydrogens (tertiary/aromatic N) is 1. The second kappa shape index (κ2) is 6.32. The summed E-state index contributed by atoms with van der Waals surface area (Å²) < 4.78 is 41.0. The van der Waals surface area contributed by atoms with Gasteiger partial charge in [-0.3, -0.25) is 0 Å². The predicted molar refractivity (Wildman–Crippen MR) is 84.2 cm³/mol. The molecule has 0 saturated heterocycles. The lowest BCUT2D eigenvalue weighted by molar-refractivity contribution is 0.318. The smallest absolute Gasteiger partial charge is 0.243 e. The van der Waals surface area contributed by atoms with Crippen LogP contribution in [0.4, 0.5) is 10.1 Å². The van der Waals surface area contributed by atoms with Crippen LogP contribution >= 0.6 is 0 Å². The van der Waals surface area contributed by atoms with Gasteiger partial charge in [0, 0.05) is 12.6 Å². The first-order valence-corrected chi connectivity index (χ1v) is 8.51. The molecule has 0 unspecified atom stereocenters. The second-order valence-electron chi connectivity index (χ2n) is 6.11. The van der Waals surface area contributed by atoms with Crippen molar-refractivity contribution in [2.45, 2.75) is 52.5 Å². The van der Waals surface area contributed by atoms with Crippen LogP contribution in [0.2, 0.25) is 0 Å². The van der Waals surface area contributed by atoms with Crippen molar-refractivity contribution < 1.29 is 12.8 Å². The Morgan fingerprint density at radius 2 is 1.76 bits per heavy atom. The van der Waals surface area contributed by atoms with Crippen molar-refractivity contribution in [3.8, 4) is 0 Å². The zero-order valence-corrected chi connectivity index (χ0v) is 14.4. The highest BCUT2D eigenvalue weighted by molar-refractivity contribution is 7.89.